The van der Waals surface area contributed by atoms with Gasteiger partial charge in [-0.25, -0.2) is 9.67 Å². The molecule has 0 unspecified atom stereocenters. The molecule has 1 aromatic heterocycles. The quantitative estimate of drug-likeness (QED) is 0.501. The van der Waals surface area contributed by atoms with Crippen LogP contribution in [0, 0.1) is 0 Å². The molecule has 0 saturated heterocycles. The molecule has 1 heterocycles. The topological polar surface area (TPSA) is 63.1 Å². The number of nitrogens with zero attached hydrogens (tertiary/aromatic N) is 4. The number of aromatic nitrogens is 3. The number of halogens is 1. The Morgan fingerprint density at radius 3 is 2.37 bits per heavy atom. The van der Waals surface area contributed by atoms with Gasteiger partial charge in [0.2, 0.25) is 5.82 Å². The number of carbonyl (C=O) groups is 1. The second-order valence-electron chi connectivity index (χ2n) is 6.91. The van der Waals surface area contributed by atoms with Gasteiger partial charge in [0.05, 0.1) is 5.69 Å². The second-order valence-corrected chi connectivity index (χ2v) is 7.35. The van der Waals surface area contributed by atoms with Gasteiger partial charge in [-0.2, -0.15) is 0 Å². The molecule has 0 aliphatic carbocycles. The van der Waals surface area contributed by atoms with E-state index in [0.29, 0.717) is 16.5 Å². The lowest BCUT2D eigenvalue weighted by molar-refractivity contribution is 0.101. The number of hydrogen-bond donors (Lipinski definition) is 1. The second kappa shape index (κ2) is 8.39. The van der Waals surface area contributed by atoms with Crippen LogP contribution in [0.5, 0.6) is 0 Å². The van der Waals surface area contributed by atoms with E-state index in [4.69, 9.17) is 11.6 Å². The largest absolute Gasteiger partial charge is 0.378 e. The lowest BCUT2D eigenvalue weighted by atomic mass is 10.2. The van der Waals surface area contributed by atoms with E-state index in [2.05, 4.69) is 15.4 Å². The number of amides is 1. The minimum atomic E-state index is -0.384. The zero-order chi connectivity index (χ0) is 21.1. The van der Waals surface area contributed by atoms with E-state index < -0.39 is 0 Å². The third-order valence-electron chi connectivity index (χ3n) is 4.54. The molecule has 0 bridgehead atoms. The summed E-state index contributed by atoms with van der Waals surface area (Å²) in [5.41, 5.74) is 3.29. The van der Waals surface area contributed by atoms with Gasteiger partial charge in [-0.3, -0.25) is 4.79 Å². The van der Waals surface area contributed by atoms with Crippen LogP contribution in [0.25, 0.3) is 17.1 Å². The molecule has 30 heavy (non-hydrogen) atoms. The number of anilines is 2. The van der Waals surface area contributed by atoms with Crippen LogP contribution in [0.1, 0.15) is 10.6 Å². The molecule has 150 valence electrons. The molecule has 1 N–H and O–H groups in total. The Hall–Kier alpha value is -3.64. The first kappa shape index (κ1) is 19.7. The average molecular weight is 418 g/mol. The first-order chi connectivity index (χ1) is 14.5. The van der Waals surface area contributed by atoms with Crippen LogP contribution in [0.2, 0.25) is 5.02 Å². The van der Waals surface area contributed by atoms with Gasteiger partial charge in [0, 0.05) is 36.1 Å². The van der Waals surface area contributed by atoms with E-state index in [-0.39, 0.29) is 11.7 Å². The Morgan fingerprint density at radius 1 is 0.967 bits per heavy atom. The summed E-state index contributed by atoms with van der Waals surface area (Å²) < 4.78 is 1.63. The lowest BCUT2D eigenvalue weighted by Crippen LogP contribution is -2.14. The lowest BCUT2D eigenvalue weighted by Gasteiger charge is -2.12. The Labute approximate surface area is 179 Å². The van der Waals surface area contributed by atoms with Crippen LogP contribution in [0.3, 0.4) is 0 Å². The normalized spacial score (nSPS) is 10.6. The molecule has 0 spiro atoms. The first-order valence-electron chi connectivity index (χ1n) is 9.38. The zero-order valence-corrected chi connectivity index (χ0v) is 17.3. The average Bonchev–Trinajstić information content (AvgIpc) is 3.20. The minimum absolute atomic E-state index is 0.0746. The van der Waals surface area contributed by atoms with Crippen molar-refractivity contribution in [3.63, 3.8) is 0 Å². The molecule has 0 aliphatic heterocycles. The molecule has 4 rings (SSSR count). The van der Waals surface area contributed by atoms with Gasteiger partial charge in [0.15, 0.2) is 5.82 Å². The molecular weight excluding hydrogens is 398 g/mol. The van der Waals surface area contributed by atoms with Crippen LogP contribution < -0.4 is 10.2 Å². The van der Waals surface area contributed by atoms with E-state index >= 15 is 0 Å². The van der Waals surface area contributed by atoms with Crippen molar-refractivity contribution in [3.8, 4) is 17.1 Å². The SMILES string of the molecule is CN(C)c1ccc(NC(=O)c2nc(-c3ccccc3)n(-c3cccc(Cl)c3)n2)cc1. The van der Waals surface area contributed by atoms with Crippen molar-refractivity contribution >= 4 is 28.9 Å². The maximum Gasteiger partial charge on any atom is 0.295 e. The maximum atomic E-state index is 12.8. The van der Waals surface area contributed by atoms with Crippen LogP contribution in [0.4, 0.5) is 11.4 Å². The molecule has 7 heteroatoms. The summed E-state index contributed by atoms with van der Waals surface area (Å²) in [4.78, 5) is 19.4. The highest BCUT2D eigenvalue weighted by Crippen LogP contribution is 2.23. The van der Waals surface area contributed by atoms with Crippen LogP contribution >= 0.6 is 11.6 Å². The predicted octanol–water partition coefficient (Wildman–Crippen LogP) is 4.91. The molecular formula is C23H20ClN5O. The fourth-order valence-electron chi connectivity index (χ4n) is 3.00. The smallest absolute Gasteiger partial charge is 0.295 e. The third kappa shape index (κ3) is 4.18. The van der Waals surface area contributed by atoms with E-state index in [0.717, 1.165) is 16.9 Å². The van der Waals surface area contributed by atoms with Gasteiger partial charge < -0.3 is 10.2 Å². The molecule has 0 atom stereocenters. The van der Waals surface area contributed by atoms with E-state index in [9.17, 15) is 4.79 Å². The van der Waals surface area contributed by atoms with Crippen LogP contribution in [-0.2, 0) is 0 Å². The van der Waals surface area contributed by atoms with E-state index in [1.165, 1.54) is 0 Å². The standard InChI is InChI=1S/C23H20ClN5O/c1-28(2)19-13-11-18(12-14-19)25-23(30)21-26-22(16-7-4-3-5-8-16)29(27-21)20-10-6-9-17(24)15-20/h3-15H,1-2H3,(H,25,30). The molecule has 6 nitrogen and oxygen atoms in total. The molecule has 0 aliphatic rings. The fourth-order valence-corrected chi connectivity index (χ4v) is 3.18. The van der Waals surface area contributed by atoms with Crippen molar-refractivity contribution in [3.05, 3.63) is 89.7 Å². The Balaban J connectivity index is 1.69. The number of rotatable bonds is 5. The molecule has 3 aromatic carbocycles. The minimum Gasteiger partial charge on any atom is -0.378 e. The zero-order valence-electron chi connectivity index (χ0n) is 16.6. The molecule has 0 fully saturated rings. The number of carbonyl (C=O) groups excluding carboxylic acids is 1. The van der Waals surface area contributed by atoms with Crippen molar-refractivity contribution in [2.45, 2.75) is 0 Å². The maximum absolute atomic E-state index is 12.8. The van der Waals surface area contributed by atoms with Gasteiger partial charge >= 0.3 is 0 Å². The van der Waals surface area contributed by atoms with Gasteiger partial charge in [0.25, 0.3) is 5.91 Å². The summed E-state index contributed by atoms with van der Waals surface area (Å²) in [5, 5.41) is 7.90. The Bertz CT molecular complexity index is 1170. The predicted molar refractivity (Wildman–Crippen MR) is 121 cm³/mol. The highest BCUT2D eigenvalue weighted by Gasteiger charge is 2.19. The molecule has 0 saturated carbocycles. The monoisotopic (exact) mass is 417 g/mol. The van der Waals surface area contributed by atoms with Crippen LogP contribution in [-0.4, -0.2) is 34.8 Å². The molecule has 0 radical (unpaired) electrons. The van der Waals surface area contributed by atoms with Crippen molar-refractivity contribution in [2.75, 3.05) is 24.3 Å². The van der Waals surface area contributed by atoms with Crippen LogP contribution in [0.15, 0.2) is 78.9 Å². The summed E-state index contributed by atoms with van der Waals surface area (Å²) in [6.07, 6.45) is 0. The number of benzene rings is 3. The number of hydrogen-bond acceptors (Lipinski definition) is 4. The van der Waals surface area contributed by atoms with Crippen molar-refractivity contribution in [1.29, 1.82) is 0 Å². The summed E-state index contributed by atoms with van der Waals surface area (Å²) in [6.45, 7) is 0. The Kier molecular flexibility index (Phi) is 5.50. The highest BCUT2D eigenvalue weighted by atomic mass is 35.5. The fraction of sp³-hybridized carbons (Fsp3) is 0.0870. The Morgan fingerprint density at radius 2 is 1.70 bits per heavy atom. The number of nitrogens with one attached hydrogen (secondary N) is 1. The highest BCUT2D eigenvalue weighted by molar-refractivity contribution is 6.30. The van der Waals surface area contributed by atoms with Gasteiger partial charge in [-0.05, 0) is 42.5 Å². The third-order valence-corrected chi connectivity index (χ3v) is 4.77. The molecule has 1 amide bonds. The van der Waals surface area contributed by atoms with E-state index in [1.54, 1.807) is 16.8 Å². The molecule has 4 aromatic rings. The van der Waals surface area contributed by atoms with Crippen molar-refractivity contribution in [2.24, 2.45) is 0 Å². The van der Waals surface area contributed by atoms with Gasteiger partial charge in [-0.15, -0.1) is 5.10 Å². The van der Waals surface area contributed by atoms with Crippen molar-refractivity contribution in [1.82, 2.24) is 14.8 Å². The van der Waals surface area contributed by atoms with E-state index in [1.807, 2.05) is 85.7 Å². The summed E-state index contributed by atoms with van der Waals surface area (Å²) >= 11 is 6.16. The van der Waals surface area contributed by atoms with Crippen molar-refractivity contribution < 1.29 is 4.79 Å². The summed E-state index contributed by atoms with van der Waals surface area (Å²) in [6, 6.07) is 24.4. The van der Waals surface area contributed by atoms with Gasteiger partial charge in [-0.1, -0.05) is 48.0 Å². The summed E-state index contributed by atoms with van der Waals surface area (Å²) in [5.74, 6) is 0.252. The summed E-state index contributed by atoms with van der Waals surface area (Å²) in [7, 11) is 3.93. The van der Waals surface area contributed by atoms with Gasteiger partial charge in [0.1, 0.15) is 0 Å². The first-order valence-corrected chi connectivity index (χ1v) is 9.76.